The largest absolute Gasteiger partial charge is 0.492 e. The maximum Gasteiger partial charge on any atom is 0.191 e. The predicted octanol–water partition coefficient (Wildman–Crippen LogP) is 2.60. The molecule has 2 N–H and O–H groups in total. The molecular formula is C20H35IN4O2. The van der Waals surface area contributed by atoms with Gasteiger partial charge in [0.1, 0.15) is 12.4 Å². The van der Waals surface area contributed by atoms with Crippen LogP contribution in [-0.2, 0) is 4.74 Å². The van der Waals surface area contributed by atoms with Gasteiger partial charge in [-0.1, -0.05) is 18.2 Å². The zero-order chi connectivity index (χ0) is 18.5. The van der Waals surface area contributed by atoms with E-state index in [0.717, 1.165) is 57.6 Å². The van der Waals surface area contributed by atoms with Gasteiger partial charge in [0, 0.05) is 26.7 Å². The van der Waals surface area contributed by atoms with Crippen molar-refractivity contribution in [2.75, 3.05) is 59.6 Å². The zero-order valence-electron chi connectivity index (χ0n) is 16.7. The molecule has 0 unspecified atom stereocenters. The van der Waals surface area contributed by atoms with E-state index < -0.39 is 0 Å². The number of methoxy groups -OCH3 is 1. The summed E-state index contributed by atoms with van der Waals surface area (Å²) in [6.45, 7) is 9.35. The van der Waals surface area contributed by atoms with Crippen molar-refractivity contribution in [1.29, 1.82) is 0 Å². The van der Waals surface area contributed by atoms with Crippen LogP contribution in [0.2, 0.25) is 0 Å². The van der Waals surface area contributed by atoms with Crippen LogP contribution < -0.4 is 15.4 Å². The van der Waals surface area contributed by atoms with E-state index >= 15 is 0 Å². The lowest BCUT2D eigenvalue weighted by Crippen LogP contribution is -2.40. The molecule has 0 amide bonds. The number of benzene rings is 1. The Kier molecular flexibility index (Phi) is 13.3. The van der Waals surface area contributed by atoms with E-state index in [1.807, 2.05) is 30.3 Å². The lowest BCUT2D eigenvalue weighted by Gasteiger charge is -2.31. The molecule has 1 aliphatic heterocycles. The molecule has 1 fully saturated rings. The van der Waals surface area contributed by atoms with E-state index in [-0.39, 0.29) is 24.0 Å². The van der Waals surface area contributed by atoms with Gasteiger partial charge in [-0.2, -0.15) is 0 Å². The number of likely N-dealkylation sites (tertiary alicyclic amines) is 1. The van der Waals surface area contributed by atoms with Gasteiger partial charge in [0.15, 0.2) is 5.96 Å². The van der Waals surface area contributed by atoms with Gasteiger partial charge in [-0.25, -0.2) is 0 Å². The molecule has 0 radical (unpaired) electrons. The molecule has 154 valence electrons. The summed E-state index contributed by atoms with van der Waals surface area (Å²) in [7, 11) is 1.77. The molecule has 27 heavy (non-hydrogen) atoms. The minimum atomic E-state index is 0. The second-order valence-electron chi connectivity index (χ2n) is 6.59. The van der Waals surface area contributed by atoms with Gasteiger partial charge in [-0.15, -0.1) is 24.0 Å². The van der Waals surface area contributed by atoms with Crippen molar-refractivity contribution in [3.8, 4) is 5.75 Å². The Morgan fingerprint density at radius 2 is 1.89 bits per heavy atom. The number of para-hydroxylation sites is 1. The molecule has 1 saturated heterocycles. The van der Waals surface area contributed by atoms with Gasteiger partial charge in [0.25, 0.3) is 0 Å². The molecule has 0 atom stereocenters. The number of aliphatic imine (C=N–C) groups is 1. The van der Waals surface area contributed by atoms with Crippen LogP contribution in [0, 0.1) is 5.92 Å². The van der Waals surface area contributed by atoms with Crippen molar-refractivity contribution in [2.24, 2.45) is 10.9 Å². The molecule has 0 saturated carbocycles. The van der Waals surface area contributed by atoms with Gasteiger partial charge in [-0.3, -0.25) is 4.99 Å². The van der Waals surface area contributed by atoms with Crippen LogP contribution in [-0.4, -0.2) is 70.5 Å². The number of piperidine rings is 1. The number of nitrogens with one attached hydrogen (secondary N) is 2. The summed E-state index contributed by atoms with van der Waals surface area (Å²) in [6, 6.07) is 9.89. The van der Waals surface area contributed by atoms with Crippen LogP contribution >= 0.6 is 24.0 Å². The molecule has 1 heterocycles. The Hall–Kier alpha value is -1.06. The van der Waals surface area contributed by atoms with E-state index in [9.17, 15) is 0 Å². The lowest BCUT2D eigenvalue weighted by molar-refractivity contribution is 0.121. The van der Waals surface area contributed by atoms with Gasteiger partial charge >= 0.3 is 0 Å². The molecule has 1 aliphatic rings. The standard InChI is InChI=1S/C20H34N4O2.HI/c1-3-21-20(22-11-15-26-19-7-5-4-6-8-19)23-17-18-9-12-24(13-10-18)14-16-25-2;/h4-8,18H,3,9-17H2,1-2H3,(H2,21,22,23);1H. The number of nitrogens with zero attached hydrogens (tertiary/aromatic N) is 2. The number of ether oxygens (including phenoxy) is 2. The van der Waals surface area contributed by atoms with Crippen LogP contribution in [0.3, 0.4) is 0 Å². The molecule has 6 nitrogen and oxygen atoms in total. The van der Waals surface area contributed by atoms with E-state index in [0.29, 0.717) is 12.5 Å². The maximum atomic E-state index is 5.71. The van der Waals surface area contributed by atoms with E-state index in [1.54, 1.807) is 7.11 Å². The first-order valence-electron chi connectivity index (χ1n) is 9.73. The smallest absolute Gasteiger partial charge is 0.191 e. The maximum absolute atomic E-state index is 5.71. The number of rotatable bonds is 10. The topological polar surface area (TPSA) is 58.1 Å². The summed E-state index contributed by atoms with van der Waals surface area (Å²) in [5.74, 6) is 2.45. The number of hydrogen-bond donors (Lipinski definition) is 2. The van der Waals surface area contributed by atoms with Gasteiger partial charge < -0.3 is 25.0 Å². The van der Waals surface area contributed by atoms with Crippen molar-refractivity contribution >= 4 is 29.9 Å². The third-order valence-electron chi connectivity index (χ3n) is 4.58. The minimum Gasteiger partial charge on any atom is -0.492 e. The highest BCUT2D eigenvalue weighted by Gasteiger charge is 2.18. The van der Waals surface area contributed by atoms with E-state index in [1.165, 1.54) is 12.8 Å². The minimum absolute atomic E-state index is 0. The highest BCUT2D eigenvalue weighted by Crippen LogP contribution is 2.17. The summed E-state index contributed by atoms with van der Waals surface area (Å²) in [6.07, 6.45) is 2.42. The number of guanidine groups is 1. The van der Waals surface area contributed by atoms with Crippen LogP contribution in [0.15, 0.2) is 35.3 Å². The second kappa shape index (κ2) is 14.9. The fourth-order valence-corrected chi connectivity index (χ4v) is 3.03. The molecule has 1 aromatic rings. The third kappa shape index (κ3) is 10.2. The highest BCUT2D eigenvalue weighted by atomic mass is 127. The molecule has 0 spiro atoms. The van der Waals surface area contributed by atoms with Gasteiger partial charge in [-0.05, 0) is 50.9 Å². The third-order valence-corrected chi connectivity index (χ3v) is 4.58. The summed E-state index contributed by atoms with van der Waals surface area (Å²) in [4.78, 5) is 7.24. The Morgan fingerprint density at radius 3 is 2.56 bits per heavy atom. The fourth-order valence-electron chi connectivity index (χ4n) is 3.03. The molecule has 2 rings (SSSR count). The van der Waals surface area contributed by atoms with Gasteiger partial charge in [0.05, 0.1) is 13.2 Å². The Bertz CT molecular complexity index is 508. The lowest BCUT2D eigenvalue weighted by atomic mass is 9.97. The van der Waals surface area contributed by atoms with Gasteiger partial charge in [0.2, 0.25) is 0 Å². The first-order valence-corrected chi connectivity index (χ1v) is 9.73. The summed E-state index contributed by atoms with van der Waals surface area (Å²) in [5.41, 5.74) is 0. The fraction of sp³-hybridized carbons (Fsp3) is 0.650. The van der Waals surface area contributed by atoms with Crippen molar-refractivity contribution in [3.05, 3.63) is 30.3 Å². The monoisotopic (exact) mass is 490 g/mol. The first kappa shape index (κ1) is 24.0. The molecular weight excluding hydrogens is 455 g/mol. The normalized spacial score (nSPS) is 15.9. The average molecular weight is 490 g/mol. The predicted molar refractivity (Wildman–Crippen MR) is 122 cm³/mol. The van der Waals surface area contributed by atoms with Crippen molar-refractivity contribution in [1.82, 2.24) is 15.5 Å². The molecule has 0 aromatic heterocycles. The van der Waals surface area contributed by atoms with Crippen molar-refractivity contribution < 1.29 is 9.47 Å². The molecule has 0 aliphatic carbocycles. The molecule has 7 heteroatoms. The second-order valence-corrected chi connectivity index (χ2v) is 6.59. The number of halogens is 1. The van der Waals surface area contributed by atoms with E-state index in [2.05, 4.69) is 22.5 Å². The van der Waals surface area contributed by atoms with Crippen molar-refractivity contribution in [3.63, 3.8) is 0 Å². The Balaban J connectivity index is 0.00000364. The Morgan fingerprint density at radius 1 is 1.15 bits per heavy atom. The summed E-state index contributed by atoms with van der Waals surface area (Å²) in [5, 5.41) is 6.67. The van der Waals surface area contributed by atoms with Crippen LogP contribution in [0.4, 0.5) is 0 Å². The first-order chi connectivity index (χ1) is 12.8. The summed E-state index contributed by atoms with van der Waals surface area (Å²) < 4.78 is 10.9. The zero-order valence-corrected chi connectivity index (χ0v) is 19.0. The quantitative estimate of drug-likeness (QED) is 0.229. The number of hydrogen-bond acceptors (Lipinski definition) is 4. The van der Waals surface area contributed by atoms with Crippen LogP contribution in [0.1, 0.15) is 19.8 Å². The SMILES string of the molecule is CCNC(=NCC1CCN(CCOC)CC1)NCCOc1ccccc1.I. The molecule has 0 bridgehead atoms. The highest BCUT2D eigenvalue weighted by molar-refractivity contribution is 14.0. The van der Waals surface area contributed by atoms with Crippen LogP contribution in [0.25, 0.3) is 0 Å². The average Bonchev–Trinajstić information content (AvgIpc) is 2.69. The van der Waals surface area contributed by atoms with E-state index in [4.69, 9.17) is 14.5 Å². The Labute approximate surface area is 181 Å². The molecule has 1 aromatic carbocycles. The van der Waals surface area contributed by atoms with Crippen molar-refractivity contribution in [2.45, 2.75) is 19.8 Å². The van der Waals surface area contributed by atoms with Crippen LogP contribution in [0.5, 0.6) is 5.75 Å². The summed E-state index contributed by atoms with van der Waals surface area (Å²) >= 11 is 0.